The van der Waals surface area contributed by atoms with E-state index in [0.717, 1.165) is 6.07 Å². The number of hydrogen-bond donors (Lipinski definition) is 1. The molecule has 0 fully saturated rings. The van der Waals surface area contributed by atoms with Crippen LogP contribution in [0, 0.1) is 6.92 Å². The number of fused-ring (bicyclic) bond motifs is 2. The van der Waals surface area contributed by atoms with E-state index in [0.29, 0.717) is 34.9 Å². The Morgan fingerprint density at radius 2 is 1.83 bits per heavy atom. The zero-order chi connectivity index (χ0) is 17.4. The molecule has 0 bridgehead atoms. The first-order valence-electron chi connectivity index (χ1n) is 7.35. The van der Waals surface area contributed by atoms with Gasteiger partial charge in [0.25, 0.3) is 5.95 Å². The molecule has 1 aromatic carbocycles. The molecule has 0 saturated heterocycles. The summed E-state index contributed by atoms with van der Waals surface area (Å²) in [6, 6.07) is 3.92. The van der Waals surface area contributed by atoms with E-state index >= 15 is 0 Å². The van der Waals surface area contributed by atoms with E-state index in [1.54, 1.807) is 13.0 Å². The molecule has 7 nitrogen and oxygen atoms in total. The van der Waals surface area contributed by atoms with Gasteiger partial charge in [0.05, 0.1) is 11.5 Å². The van der Waals surface area contributed by atoms with Gasteiger partial charge in [0, 0.05) is 17.0 Å². The summed E-state index contributed by atoms with van der Waals surface area (Å²) < 4.78 is 15.2. The van der Waals surface area contributed by atoms with Crippen molar-refractivity contribution in [2.45, 2.75) is 26.7 Å². The predicted octanol–water partition coefficient (Wildman–Crippen LogP) is 3.22. The van der Waals surface area contributed by atoms with Crippen LogP contribution in [0.2, 0.25) is 0 Å². The summed E-state index contributed by atoms with van der Waals surface area (Å²) in [6.45, 7) is 3.68. The number of carbonyl (C=O) groups is 1. The van der Waals surface area contributed by atoms with Crippen LogP contribution in [-0.2, 0) is 6.42 Å². The molecule has 2 aromatic heterocycles. The first-order valence-corrected chi connectivity index (χ1v) is 7.35. The predicted molar refractivity (Wildman–Crippen MR) is 85.9 cm³/mol. The zero-order valence-electron chi connectivity index (χ0n) is 13.0. The van der Waals surface area contributed by atoms with Gasteiger partial charge in [-0.15, -0.1) is 0 Å². The van der Waals surface area contributed by atoms with Crippen molar-refractivity contribution in [2.75, 3.05) is 0 Å². The van der Waals surface area contributed by atoms with E-state index in [2.05, 4.69) is 4.74 Å². The Kier molecular flexibility index (Phi) is 3.84. The van der Waals surface area contributed by atoms with Crippen LogP contribution < -0.4 is 15.8 Å². The molecule has 3 aromatic rings. The average Bonchev–Trinajstić information content (AvgIpc) is 2.48. The fourth-order valence-corrected chi connectivity index (χ4v) is 2.73. The van der Waals surface area contributed by atoms with Crippen molar-refractivity contribution in [1.29, 1.82) is 0 Å². The van der Waals surface area contributed by atoms with E-state index in [1.165, 1.54) is 6.07 Å². The molecule has 0 aliphatic carbocycles. The SMILES string of the molecule is CCCc1c2oc(=O)cc(C)c2cc2c(=O)cc(OC(=O)O)oc12. The Balaban J connectivity index is 2.48. The Bertz CT molecular complexity index is 1070. The molecule has 0 aliphatic rings. The number of hydrogen-bond acceptors (Lipinski definition) is 6. The van der Waals surface area contributed by atoms with E-state index < -0.39 is 23.2 Å². The van der Waals surface area contributed by atoms with Crippen molar-refractivity contribution in [2.24, 2.45) is 0 Å². The molecule has 0 aliphatic heterocycles. The number of benzene rings is 1. The summed E-state index contributed by atoms with van der Waals surface area (Å²) >= 11 is 0. The molecule has 0 unspecified atom stereocenters. The van der Waals surface area contributed by atoms with Gasteiger partial charge in [0.15, 0.2) is 5.43 Å². The van der Waals surface area contributed by atoms with Gasteiger partial charge >= 0.3 is 11.8 Å². The summed E-state index contributed by atoms with van der Waals surface area (Å²) in [4.78, 5) is 34.7. The third kappa shape index (κ3) is 2.64. The number of aryl methyl sites for hydroxylation is 2. The second-order valence-electron chi connectivity index (χ2n) is 5.40. The average molecular weight is 330 g/mol. The van der Waals surface area contributed by atoms with Gasteiger partial charge in [-0.1, -0.05) is 13.3 Å². The number of carboxylic acid groups (broad SMARTS) is 1. The lowest BCUT2D eigenvalue weighted by molar-refractivity contribution is 0.133. The molecule has 0 atom stereocenters. The molecule has 124 valence electrons. The Labute approximate surface area is 135 Å². The van der Waals surface area contributed by atoms with Gasteiger partial charge in [-0.2, -0.15) is 0 Å². The summed E-state index contributed by atoms with van der Waals surface area (Å²) in [7, 11) is 0. The normalized spacial score (nSPS) is 11.1. The molecule has 0 spiro atoms. The van der Waals surface area contributed by atoms with Crippen molar-refractivity contribution < 1.29 is 23.5 Å². The maximum Gasteiger partial charge on any atom is 0.513 e. The smallest absolute Gasteiger partial charge is 0.449 e. The number of ether oxygens (including phenoxy) is 1. The minimum Gasteiger partial charge on any atom is -0.449 e. The lowest BCUT2D eigenvalue weighted by atomic mass is 10.0. The van der Waals surface area contributed by atoms with Crippen molar-refractivity contribution in [3.63, 3.8) is 0 Å². The molecular formula is C17H14O7. The second kappa shape index (κ2) is 5.84. The molecule has 3 rings (SSSR count). The third-order valence-corrected chi connectivity index (χ3v) is 3.69. The van der Waals surface area contributed by atoms with E-state index in [1.807, 2.05) is 6.92 Å². The highest BCUT2D eigenvalue weighted by molar-refractivity contribution is 5.98. The largest absolute Gasteiger partial charge is 0.513 e. The maximum absolute atomic E-state index is 12.3. The standard InChI is InChI=1S/C17H14O7/c1-3-4-9-15-10(8(2)5-13(19)22-15)6-11-12(18)7-14(23-16(9)11)24-17(20)21/h5-7H,3-4H2,1-2H3,(H,20,21). The van der Waals surface area contributed by atoms with E-state index in [-0.39, 0.29) is 11.0 Å². The molecule has 0 saturated carbocycles. The van der Waals surface area contributed by atoms with Gasteiger partial charge < -0.3 is 18.7 Å². The van der Waals surface area contributed by atoms with Crippen LogP contribution in [-0.4, -0.2) is 11.3 Å². The van der Waals surface area contributed by atoms with Crippen molar-refractivity contribution in [3.05, 3.63) is 50.0 Å². The Morgan fingerprint density at radius 3 is 2.50 bits per heavy atom. The molecule has 1 N–H and O–H groups in total. The fraction of sp³-hybridized carbons (Fsp3) is 0.235. The highest BCUT2D eigenvalue weighted by atomic mass is 16.7. The van der Waals surface area contributed by atoms with Crippen LogP contribution in [0.4, 0.5) is 4.79 Å². The van der Waals surface area contributed by atoms with Gasteiger partial charge in [-0.3, -0.25) is 4.79 Å². The quantitative estimate of drug-likeness (QED) is 0.446. The van der Waals surface area contributed by atoms with Gasteiger partial charge in [-0.25, -0.2) is 9.59 Å². The minimum atomic E-state index is -1.59. The van der Waals surface area contributed by atoms with Crippen LogP contribution in [0.1, 0.15) is 24.5 Å². The van der Waals surface area contributed by atoms with Crippen molar-refractivity contribution in [3.8, 4) is 5.95 Å². The van der Waals surface area contributed by atoms with E-state index in [4.69, 9.17) is 13.9 Å². The molecular weight excluding hydrogens is 316 g/mol. The van der Waals surface area contributed by atoms with Crippen LogP contribution in [0.3, 0.4) is 0 Å². The summed E-state index contributed by atoms with van der Waals surface area (Å²) in [5, 5.41) is 9.62. The van der Waals surface area contributed by atoms with Crippen LogP contribution in [0.25, 0.3) is 21.9 Å². The van der Waals surface area contributed by atoms with Crippen LogP contribution in [0.15, 0.2) is 36.6 Å². The lowest BCUT2D eigenvalue weighted by Crippen LogP contribution is -2.09. The molecule has 2 heterocycles. The van der Waals surface area contributed by atoms with Crippen molar-refractivity contribution in [1.82, 2.24) is 0 Å². The first kappa shape index (κ1) is 15.8. The number of rotatable bonds is 3. The lowest BCUT2D eigenvalue weighted by Gasteiger charge is -2.10. The first-order chi connectivity index (χ1) is 11.4. The Hall–Kier alpha value is -3.09. The van der Waals surface area contributed by atoms with E-state index in [9.17, 15) is 14.4 Å². The molecule has 7 heteroatoms. The van der Waals surface area contributed by atoms with Gasteiger partial charge in [0.1, 0.15) is 11.2 Å². The monoisotopic (exact) mass is 330 g/mol. The third-order valence-electron chi connectivity index (χ3n) is 3.69. The molecule has 24 heavy (non-hydrogen) atoms. The van der Waals surface area contributed by atoms with Crippen LogP contribution >= 0.6 is 0 Å². The van der Waals surface area contributed by atoms with Gasteiger partial charge in [0.2, 0.25) is 0 Å². The second-order valence-corrected chi connectivity index (χ2v) is 5.40. The maximum atomic E-state index is 12.3. The van der Waals surface area contributed by atoms with Crippen molar-refractivity contribution >= 4 is 28.1 Å². The summed E-state index contributed by atoms with van der Waals surface area (Å²) in [5.41, 5.74) is 0.797. The van der Waals surface area contributed by atoms with Crippen LogP contribution in [0.5, 0.6) is 5.95 Å². The highest BCUT2D eigenvalue weighted by Gasteiger charge is 2.18. The minimum absolute atomic E-state index is 0.168. The highest BCUT2D eigenvalue weighted by Crippen LogP contribution is 2.31. The molecule has 0 radical (unpaired) electrons. The van der Waals surface area contributed by atoms with Gasteiger partial charge in [-0.05, 0) is 25.0 Å². The summed E-state index contributed by atoms with van der Waals surface area (Å²) in [5.74, 6) is -0.424. The topological polar surface area (TPSA) is 107 Å². The molecule has 0 amide bonds. The zero-order valence-corrected chi connectivity index (χ0v) is 13.0. The fourth-order valence-electron chi connectivity index (χ4n) is 2.73. The summed E-state index contributed by atoms with van der Waals surface area (Å²) in [6.07, 6.45) is -0.392. The Morgan fingerprint density at radius 1 is 1.12 bits per heavy atom.